The van der Waals surface area contributed by atoms with E-state index in [2.05, 4.69) is 4.74 Å². The molecule has 2 nitrogen and oxygen atoms in total. The first kappa shape index (κ1) is 14.4. The Hall–Kier alpha value is -2.01. The lowest BCUT2D eigenvalue weighted by atomic mass is 9.95. The molecule has 0 bridgehead atoms. The van der Waals surface area contributed by atoms with Gasteiger partial charge in [0.1, 0.15) is 11.6 Å². The quantitative estimate of drug-likeness (QED) is 0.925. The molecule has 106 valence electrons. The zero-order chi connectivity index (χ0) is 14.7. The van der Waals surface area contributed by atoms with Gasteiger partial charge in [-0.2, -0.15) is 8.78 Å². The summed E-state index contributed by atoms with van der Waals surface area (Å²) in [5, 5.41) is 0. The van der Waals surface area contributed by atoms with Crippen LogP contribution < -0.4 is 10.5 Å². The maximum atomic E-state index is 13.1. The van der Waals surface area contributed by atoms with Crippen LogP contribution in [0.1, 0.15) is 22.7 Å². The molecule has 2 N–H and O–H groups in total. The number of nitrogens with two attached hydrogens (primary N) is 1. The second kappa shape index (κ2) is 5.96. The van der Waals surface area contributed by atoms with Crippen molar-refractivity contribution in [3.8, 4) is 5.75 Å². The highest BCUT2D eigenvalue weighted by Crippen LogP contribution is 2.26. The van der Waals surface area contributed by atoms with E-state index in [0.29, 0.717) is 11.1 Å². The van der Waals surface area contributed by atoms with Crippen molar-refractivity contribution in [3.63, 3.8) is 0 Å². The Labute approximate surface area is 115 Å². The minimum absolute atomic E-state index is 0.0488. The summed E-state index contributed by atoms with van der Waals surface area (Å²) in [7, 11) is 0. The van der Waals surface area contributed by atoms with E-state index in [1.807, 2.05) is 0 Å². The third kappa shape index (κ3) is 3.30. The highest BCUT2D eigenvalue weighted by atomic mass is 19.3. The van der Waals surface area contributed by atoms with Crippen LogP contribution in [0.25, 0.3) is 0 Å². The Morgan fingerprint density at radius 2 is 1.85 bits per heavy atom. The summed E-state index contributed by atoms with van der Waals surface area (Å²) in [5.74, 6) is -0.291. The zero-order valence-corrected chi connectivity index (χ0v) is 10.8. The molecule has 2 aromatic carbocycles. The second-order valence-corrected chi connectivity index (χ2v) is 4.43. The van der Waals surface area contributed by atoms with Gasteiger partial charge in [-0.05, 0) is 47.9 Å². The van der Waals surface area contributed by atoms with E-state index >= 15 is 0 Å². The SMILES string of the molecule is Cc1cc(F)ccc1C(N)c1cccc(OC(F)F)c1. The number of halogens is 3. The molecule has 0 aliphatic rings. The van der Waals surface area contributed by atoms with E-state index in [-0.39, 0.29) is 11.6 Å². The third-order valence-corrected chi connectivity index (χ3v) is 3.01. The van der Waals surface area contributed by atoms with Crippen LogP contribution in [-0.2, 0) is 0 Å². The first-order chi connectivity index (χ1) is 9.47. The molecule has 0 heterocycles. The average Bonchev–Trinajstić information content (AvgIpc) is 2.37. The lowest BCUT2D eigenvalue weighted by molar-refractivity contribution is -0.0498. The second-order valence-electron chi connectivity index (χ2n) is 4.43. The molecule has 2 rings (SSSR count). The minimum Gasteiger partial charge on any atom is -0.435 e. The Kier molecular flexibility index (Phi) is 4.29. The van der Waals surface area contributed by atoms with Gasteiger partial charge in [0.05, 0.1) is 6.04 Å². The smallest absolute Gasteiger partial charge is 0.387 e. The van der Waals surface area contributed by atoms with Crippen molar-refractivity contribution in [2.75, 3.05) is 0 Å². The maximum Gasteiger partial charge on any atom is 0.387 e. The summed E-state index contributed by atoms with van der Waals surface area (Å²) < 4.78 is 41.8. The highest BCUT2D eigenvalue weighted by Gasteiger charge is 2.13. The van der Waals surface area contributed by atoms with Gasteiger partial charge in [-0.3, -0.25) is 0 Å². The fourth-order valence-electron chi connectivity index (χ4n) is 2.05. The summed E-state index contributed by atoms with van der Waals surface area (Å²) in [6.45, 7) is -1.13. The standard InChI is InChI=1S/C15H14F3NO/c1-9-7-11(16)5-6-13(9)14(19)10-3-2-4-12(8-10)20-15(17)18/h2-8,14-15H,19H2,1H3. The van der Waals surface area contributed by atoms with Gasteiger partial charge in [0.2, 0.25) is 0 Å². The number of ether oxygens (including phenoxy) is 1. The molecule has 0 aliphatic heterocycles. The van der Waals surface area contributed by atoms with Gasteiger partial charge >= 0.3 is 6.61 Å². The number of benzene rings is 2. The molecule has 0 fully saturated rings. The number of hydrogen-bond donors (Lipinski definition) is 1. The average molecular weight is 281 g/mol. The molecule has 1 atom stereocenters. The van der Waals surface area contributed by atoms with E-state index in [1.54, 1.807) is 25.1 Å². The highest BCUT2D eigenvalue weighted by molar-refractivity contribution is 5.39. The molecule has 0 amide bonds. The van der Waals surface area contributed by atoms with Crippen molar-refractivity contribution in [2.24, 2.45) is 5.73 Å². The normalized spacial score (nSPS) is 12.5. The predicted octanol–water partition coefficient (Wildman–Crippen LogP) is 3.78. The first-order valence-electron chi connectivity index (χ1n) is 6.04. The molecule has 1 unspecified atom stereocenters. The Morgan fingerprint density at radius 1 is 1.10 bits per heavy atom. The Balaban J connectivity index is 2.30. The molecule has 0 spiro atoms. The van der Waals surface area contributed by atoms with Crippen LogP contribution in [0.3, 0.4) is 0 Å². The molecule has 2 aromatic rings. The van der Waals surface area contributed by atoms with Crippen molar-refractivity contribution < 1.29 is 17.9 Å². The fourth-order valence-corrected chi connectivity index (χ4v) is 2.05. The molecular weight excluding hydrogens is 267 g/mol. The molecular formula is C15H14F3NO. The van der Waals surface area contributed by atoms with Gasteiger partial charge in [-0.25, -0.2) is 4.39 Å². The largest absolute Gasteiger partial charge is 0.435 e. The van der Waals surface area contributed by atoms with Gasteiger partial charge in [0.25, 0.3) is 0 Å². The van der Waals surface area contributed by atoms with Crippen molar-refractivity contribution in [1.29, 1.82) is 0 Å². The van der Waals surface area contributed by atoms with Crippen molar-refractivity contribution in [2.45, 2.75) is 19.6 Å². The maximum absolute atomic E-state index is 13.1. The third-order valence-electron chi connectivity index (χ3n) is 3.01. The zero-order valence-electron chi connectivity index (χ0n) is 10.8. The van der Waals surface area contributed by atoms with Gasteiger partial charge in [0.15, 0.2) is 0 Å². The lowest BCUT2D eigenvalue weighted by Gasteiger charge is -2.16. The van der Waals surface area contributed by atoms with Crippen molar-refractivity contribution in [1.82, 2.24) is 0 Å². The van der Waals surface area contributed by atoms with Gasteiger partial charge in [0, 0.05) is 0 Å². The molecule has 0 aromatic heterocycles. The van der Waals surface area contributed by atoms with Gasteiger partial charge in [-0.1, -0.05) is 18.2 Å². The summed E-state index contributed by atoms with van der Waals surface area (Å²) in [4.78, 5) is 0. The molecule has 20 heavy (non-hydrogen) atoms. The molecule has 5 heteroatoms. The Morgan fingerprint density at radius 3 is 2.50 bits per heavy atom. The van der Waals surface area contributed by atoms with Crippen LogP contribution in [0.5, 0.6) is 5.75 Å². The summed E-state index contributed by atoms with van der Waals surface area (Å²) >= 11 is 0. The topological polar surface area (TPSA) is 35.2 Å². The van der Waals surface area contributed by atoms with Crippen LogP contribution in [0.4, 0.5) is 13.2 Å². The molecule has 0 radical (unpaired) electrons. The Bertz CT molecular complexity index is 601. The minimum atomic E-state index is -2.88. The predicted molar refractivity (Wildman–Crippen MR) is 70.2 cm³/mol. The molecule has 0 aliphatic carbocycles. The summed E-state index contributed by atoms with van der Waals surface area (Å²) in [6, 6.07) is 9.96. The number of rotatable bonds is 4. The lowest BCUT2D eigenvalue weighted by Crippen LogP contribution is -2.13. The van der Waals surface area contributed by atoms with Crippen LogP contribution in [0.2, 0.25) is 0 Å². The summed E-state index contributed by atoms with van der Waals surface area (Å²) in [5.41, 5.74) is 8.17. The van der Waals surface area contributed by atoms with Crippen LogP contribution in [-0.4, -0.2) is 6.61 Å². The van der Waals surface area contributed by atoms with E-state index in [1.165, 1.54) is 24.3 Å². The van der Waals surface area contributed by atoms with Crippen LogP contribution in [0.15, 0.2) is 42.5 Å². The van der Waals surface area contributed by atoms with Crippen molar-refractivity contribution >= 4 is 0 Å². The fraction of sp³-hybridized carbons (Fsp3) is 0.200. The summed E-state index contributed by atoms with van der Waals surface area (Å²) in [6.07, 6.45) is 0. The van der Waals surface area contributed by atoms with Crippen LogP contribution >= 0.6 is 0 Å². The van der Waals surface area contributed by atoms with E-state index in [4.69, 9.17) is 5.73 Å². The van der Waals surface area contributed by atoms with E-state index in [0.717, 1.165) is 5.56 Å². The number of alkyl halides is 2. The van der Waals surface area contributed by atoms with Gasteiger partial charge in [-0.15, -0.1) is 0 Å². The van der Waals surface area contributed by atoms with E-state index < -0.39 is 12.7 Å². The first-order valence-corrected chi connectivity index (χ1v) is 6.04. The van der Waals surface area contributed by atoms with Gasteiger partial charge < -0.3 is 10.5 Å². The van der Waals surface area contributed by atoms with Crippen molar-refractivity contribution in [3.05, 3.63) is 65.0 Å². The monoisotopic (exact) mass is 281 g/mol. The van der Waals surface area contributed by atoms with Crippen LogP contribution in [0, 0.1) is 12.7 Å². The molecule has 0 saturated heterocycles. The number of hydrogen-bond acceptors (Lipinski definition) is 2. The number of aryl methyl sites for hydroxylation is 1. The van der Waals surface area contributed by atoms with E-state index in [9.17, 15) is 13.2 Å². The molecule has 0 saturated carbocycles.